The normalized spacial score (nSPS) is 10.1. The lowest BCUT2D eigenvalue weighted by Gasteiger charge is -2.13. The Kier molecular flexibility index (Phi) is 6.14. The van der Waals surface area contributed by atoms with Gasteiger partial charge in [-0.3, -0.25) is 4.79 Å². The fourth-order valence-corrected chi connectivity index (χ4v) is 2.04. The lowest BCUT2D eigenvalue weighted by molar-refractivity contribution is -0.124. The number of carbonyl (C=O) groups is 2. The maximum atomic E-state index is 11.8. The molecule has 1 aromatic carbocycles. The Hall–Kier alpha value is -2.60. The molecule has 1 aromatic heterocycles. The number of halogens is 1. The van der Waals surface area contributed by atoms with E-state index in [-0.39, 0.29) is 18.2 Å². The molecule has 0 aliphatic carbocycles. The van der Waals surface area contributed by atoms with Crippen LogP contribution in [0.15, 0.2) is 42.6 Å². The maximum absolute atomic E-state index is 11.8. The highest BCUT2D eigenvalue weighted by atomic mass is 35.5. The van der Waals surface area contributed by atoms with Crippen LogP contribution < -0.4 is 10.2 Å². The molecule has 0 bridgehead atoms. The van der Waals surface area contributed by atoms with E-state index in [2.05, 4.69) is 10.3 Å². The minimum absolute atomic E-state index is 0.0644. The van der Waals surface area contributed by atoms with Gasteiger partial charge in [0.1, 0.15) is 5.69 Å². The molecule has 7 heteroatoms. The maximum Gasteiger partial charge on any atom is 0.357 e. The van der Waals surface area contributed by atoms with E-state index in [1.165, 1.54) is 12.3 Å². The third kappa shape index (κ3) is 5.24. The highest BCUT2D eigenvalue weighted by Gasteiger charge is 2.11. The number of benzene rings is 1. The van der Waals surface area contributed by atoms with Crippen LogP contribution in [0.1, 0.15) is 16.1 Å². The van der Waals surface area contributed by atoms with Gasteiger partial charge in [-0.1, -0.05) is 23.7 Å². The molecule has 0 saturated heterocycles. The number of esters is 1. The molecule has 1 amide bonds. The van der Waals surface area contributed by atoms with Crippen LogP contribution in [0.25, 0.3) is 0 Å². The van der Waals surface area contributed by atoms with E-state index in [4.69, 9.17) is 16.3 Å². The highest BCUT2D eigenvalue weighted by molar-refractivity contribution is 6.30. The van der Waals surface area contributed by atoms with Crippen LogP contribution in [0.5, 0.6) is 0 Å². The third-order valence-electron chi connectivity index (χ3n) is 3.21. The summed E-state index contributed by atoms with van der Waals surface area (Å²) in [5, 5.41) is 3.07. The Morgan fingerprint density at radius 2 is 1.92 bits per heavy atom. The van der Waals surface area contributed by atoms with Crippen LogP contribution in [0, 0.1) is 0 Å². The molecule has 1 heterocycles. The highest BCUT2D eigenvalue weighted by Crippen LogP contribution is 2.12. The third-order valence-corrected chi connectivity index (χ3v) is 3.44. The number of pyridine rings is 1. The average Bonchev–Trinajstić information content (AvgIpc) is 2.58. The van der Waals surface area contributed by atoms with E-state index in [9.17, 15) is 9.59 Å². The Labute approximate surface area is 145 Å². The molecule has 0 atom stereocenters. The topological polar surface area (TPSA) is 71.5 Å². The van der Waals surface area contributed by atoms with Gasteiger partial charge in [-0.15, -0.1) is 0 Å². The monoisotopic (exact) mass is 347 g/mol. The van der Waals surface area contributed by atoms with Gasteiger partial charge in [0.15, 0.2) is 6.61 Å². The SMILES string of the molecule is CN(C)c1ccc(CNC(=O)COC(=O)c2cc(Cl)ccn2)cc1. The number of aromatic nitrogens is 1. The van der Waals surface area contributed by atoms with Crippen LogP contribution in [-0.4, -0.2) is 37.6 Å². The van der Waals surface area contributed by atoms with E-state index in [1.807, 2.05) is 43.3 Å². The van der Waals surface area contributed by atoms with Crippen molar-refractivity contribution in [1.29, 1.82) is 0 Å². The lowest BCUT2D eigenvalue weighted by Crippen LogP contribution is -2.28. The standard InChI is InChI=1S/C17H18ClN3O3/c1-21(2)14-5-3-12(4-6-14)10-20-16(22)11-24-17(23)15-9-13(18)7-8-19-15/h3-9H,10-11H2,1-2H3,(H,20,22). The zero-order valence-electron chi connectivity index (χ0n) is 13.5. The summed E-state index contributed by atoms with van der Waals surface area (Å²) in [7, 11) is 3.92. The molecule has 0 spiro atoms. The number of rotatable bonds is 6. The van der Waals surface area contributed by atoms with Gasteiger partial charge >= 0.3 is 5.97 Å². The molecule has 24 heavy (non-hydrogen) atoms. The summed E-state index contributed by atoms with van der Waals surface area (Å²) in [6.45, 7) is -0.0116. The summed E-state index contributed by atoms with van der Waals surface area (Å²) in [5.74, 6) is -1.08. The minimum Gasteiger partial charge on any atom is -0.451 e. The molecular weight excluding hydrogens is 330 g/mol. The molecule has 0 aliphatic heterocycles. The second-order valence-electron chi connectivity index (χ2n) is 5.27. The summed E-state index contributed by atoms with van der Waals surface area (Å²) in [6, 6.07) is 10.7. The van der Waals surface area contributed by atoms with Crippen molar-refractivity contribution in [3.05, 3.63) is 58.9 Å². The molecule has 0 aliphatic rings. The Bertz CT molecular complexity index is 717. The number of carbonyl (C=O) groups excluding carboxylic acids is 2. The molecule has 126 valence electrons. The first kappa shape index (κ1) is 17.7. The minimum atomic E-state index is -0.692. The molecule has 2 rings (SSSR count). The summed E-state index contributed by atoms with van der Waals surface area (Å²) in [5.41, 5.74) is 2.10. The fourth-order valence-electron chi connectivity index (χ4n) is 1.89. The Balaban J connectivity index is 1.78. The van der Waals surface area contributed by atoms with Gasteiger partial charge in [-0.05, 0) is 29.8 Å². The summed E-state index contributed by atoms with van der Waals surface area (Å²) >= 11 is 5.77. The van der Waals surface area contributed by atoms with Crippen LogP contribution in [-0.2, 0) is 16.1 Å². The quantitative estimate of drug-likeness (QED) is 0.812. The molecule has 1 N–H and O–H groups in total. The van der Waals surface area contributed by atoms with E-state index < -0.39 is 5.97 Å². The number of anilines is 1. The van der Waals surface area contributed by atoms with Crippen molar-refractivity contribution in [2.24, 2.45) is 0 Å². The van der Waals surface area contributed by atoms with Crippen molar-refractivity contribution in [2.45, 2.75) is 6.54 Å². The number of nitrogens with zero attached hydrogens (tertiary/aromatic N) is 2. The smallest absolute Gasteiger partial charge is 0.357 e. The van der Waals surface area contributed by atoms with E-state index in [1.54, 1.807) is 6.07 Å². The molecule has 6 nitrogen and oxygen atoms in total. The first-order chi connectivity index (χ1) is 11.5. The second-order valence-corrected chi connectivity index (χ2v) is 5.71. The zero-order chi connectivity index (χ0) is 17.5. The van der Waals surface area contributed by atoms with Gasteiger partial charge in [-0.2, -0.15) is 0 Å². The zero-order valence-corrected chi connectivity index (χ0v) is 14.2. The average molecular weight is 348 g/mol. The largest absolute Gasteiger partial charge is 0.451 e. The number of nitrogens with one attached hydrogen (secondary N) is 1. The van der Waals surface area contributed by atoms with Gasteiger partial charge in [0.05, 0.1) is 0 Å². The van der Waals surface area contributed by atoms with Gasteiger partial charge in [-0.25, -0.2) is 9.78 Å². The van der Waals surface area contributed by atoms with Crippen LogP contribution in [0.3, 0.4) is 0 Å². The van der Waals surface area contributed by atoms with E-state index >= 15 is 0 Å². The molecule has 2 aromatic rings. The van der Waals surface area contributed by atoms with Gasteiger partial charge in [0.2, 0.25) is 0 Å². The van der Waals surface area contributed by atoms with E-state index in [0.717, 1.165) is 11.3 Å². The molecular formula is C17H18ClN3O3. The van der Waals surface area contributed by atoms with Crippen LogP contribution >= 0.6 is 11.6 Å². The summed E-state index contributed by atoms with van der Waals surface area (Å²) < 4.78 is 4.91. The number of amides is 1. The second kappa shape index (κ2) is 8.31. The van der Waals surface area contributed by atoms with Crippen molar-refractivity contribution < 1.29 is 14.3 Å². The first-order valence-electron chi connectivity index (χ1n) is 7.27. The van der Waals surface area contributed by atoms with E-state index in [0.29, 0.717) is 11.6 Å². The first-order valence-corrected chi connectivity index (χ1v) is 7.65. The molecule has 0 unspecified atom stereocenters. The van der Waals surface area contributed by atoms with Crippen molar-refractivity contribution >= 4 is 29.2 Å². The Morgan fingerprint density at radius 1 is 1.21 bits per heavy atom. The van der Waals surface area contributed by atoms with Crippen molar-refractivity contribution in [2.75, 3.05) is 25.6 Å². The molecule has 0 saturated carbocycles. The van der Waals surface area contributed by atoms with Crippen molar-refractivity contribution in [3.63, 3.8) is 0 Å². The summed E-state index contributed by atoms with van der Waals surface area (Å²) in [6.07, 6.45) is 1.40. The molecule has 0 fully saturated rings. The summed E-state index contributed by atoms with van der Waals surface area (Å²) in [4.78, 5) is 29.3. The number of hydrogen-bond donors (Lipinski definition) is 1. The van der Waals surface area contributed by atoms with Gasteiger partial charge < -0.3 is 15.0 Å². The predicted molar refractivity (Wildman–Crippen MR) is 92.1 cm³/mol. The van der Waals surface area contributed by atoms with Crippen molar-refractivity contribution in [3.8, 4) is 0 Å². The van der Waals surface area contributed by atoms with Gasteiger partial charge in [0.25, 0.3) is 5.91 Å². The molecule has 0 radical (unpaired) electrons. The number of ether oxygens (including phenoxy) is 1. The van der Waals surface area contributed by atoms with Crippen molar-refractivity contribution in [1.82, 2.24) is 10.3 Å². The van der Waals surface area contributed by atoms with Gasteiger partial charge in [0, 0.05) is 37.5 Å². The fraction of sp³-hybridized carbons (Fsp3) is 0.235. The number of hydrogen-bond acceptors (Lipinski definition) is 5. The Morgan fingerprint density at radius 3 is 2.54 bits per heavy atom. The van der Waals surface area contributed by atoms with Crippen LogP contribution in [0.4, 0.5) is 5.69 Å². The van der Waals surface area contributed by atoms with Crippen LogP contribution in [0.2, 0.25) is 5.02 Å². The predicted octanol–water partition coefficient (Wildman–Crippen LogP) is 2.27. The lowest BCUT2D eigenvalue weighted by atomic mass is 10.2.